The van der Waals surface area contributed by atoms with Crippen LogP contribution in [-0.2, 0) is 30.8 Å². The molecule has 0 radical (unpaired) electrons. The number of ether oxygens (including phenoxy) is 1. The summed E-state index contributed by atoms with van der Waals surface area (Å²) in [5.74, 6) is -0.506. The monoisotopic (exact) mass is 352 g/mol. The van der Waals surface area contributed by atoms with E-state index in [1.807, 2.05) is 0 Å². The molecule has 0 saturated heterocycles. The van der Waals surface area contributed by atoms with Crippen LogP contribution < -0.4 is 10.0 Å². The zero-order valence-corrected chi connectivity index (χ0v) is 14.2. The second kappa shape index (κ2) is 6.52. The fraction of sp³-hybridized carbons (Fsp3) is 0.500. The summed E-state index contributed by atoms with van der Waals surface area (Å²) in [6, 6.07) is 4.45. The number of esters is 1. The molecule has 0 aromatic heterocycles. The van der Waals surface area contributed by atoms with Gasteiger partial charge in [0.25, 0.3) is 0 Å². The van der Waals surface area contributed by atoms with Crippen molar-refractivity contribution < 1.29 is 22.7 Å². The maximum atomic E-state index is 12.5. The number of sulfonamides is 1. The predicted octanol–water partition coefficient (Wildman–Crippen LogP) is 1.19. The molecule has 2 aliphatic rings. The van der Waals surface area contributed by atoms with Crippen LogP contribution in [0.25, 0.3) is 0 Å². The Labute approximate surface area is 140 Å². The Morgan fingerprint density at radius 2 is 1.96 bits per heavy atom. The topological polar surface area (TPSA) is 102 Å². The summed E-state index contributed by atoms with van der Waals surface area (Å²) in [6.45, 7) is 0. The maximum absolute atomic E-state index is 12.5. The van der Waals surface area contributed by atoms with Crippen LogP contribution in [0.2, 0.25) is 0 Å². The number of benzene rings is 1. The molecule has 24 heavy (non-hydrogen) atoms. The Bertz CT molecular complexity index is 767. The molecule has 0 bridgehead atoms. The Morgan fingerprint density at radius 1 is 1.25 bits per heavy atom. The number of hydrogen-bond acceptors (Lipinski definition) is 5. The SMILES string of the molecule is COC(=O)C1CCC(NS(=O)(=O)c2ccc3c(c2)CC(=O)N3)CC1. The Hall–Kier alpha value is -1.93. The number of fused-ring (bicyclic) bond motifs is 1. The van der Waals surface area contributed by atoms with E-state index in [0.717, 1.165) is 0 Å². The van der Waals surface area contributed by atoms with Crippen LogP contribution in [0.1, 0.15) is 31.2 Å². The number of nitrogens with one attached hydrogen (secondary N) is 2. The smallest absolute Gasteiger partial charge is 0.308 e. The average molecular weight is 352 g/mol. The number of rotatable bonds is 4. The molecule has 1 heterocycles. The highest BCUT2D eigenvalue weighted by Crippen LogP contribution is 2.28. The zero-order chi connectivity index (χ0) is 17.3. The summed E-state index contributed by atoms with van der Waals surface area (Å²) in [4.78, 5) is 23.1. The first kappa shape index (κ1) is 16.9. The molecule has 1 amide bonds. The molecular weight excluding hydrogens is 332 g/mol. The van der Waals surface area contributed by atoms with Crippen LogP contribution in [0.4, 0.5) is 5.69 Å². The molecule has 1 aromatic rings. The molecule has 1 aliphatic heterocycles. The lowest BCUT2D eigenvalue weighted by Crippen LogP contribution is -2.38. The summed E-state index contributed by atoms with van der Waals surface area (Å²) in [6.07, 6.45) is 2.63. The van der Waals surface area contributed by atoms with Crippen molar-refractivity contribution in [2.75, 3.05) is 12.4 Å². The summed E-state index contributed by atoms with van der Waals surface area (Å²) in [7, 11) is -2.28. The summed E-state index contributed by atoms with van der Waals surface area (Å²) in [5.41, 5.74) is 1.36. The van der Waals surface area contributed by atoms with Crippen molar-refractivity contribution in [2.45, 2.75) is 43.0 Å². The fourth-order valence-corrected chi connectivity index (χ4v) is 4.63. The van der Waals surface area contributed by atoms with E-state index < -0.39 is 10.0 Å². The maximum Gasteiger partial charge on any atom is 0.308 e. The lowest BCUT2D eigenvalue weighted by molar-refractivity contribution is -0.146. The number of carbonyl (C=O) groups excluding carboxylic acids is 2. The van der Waals surface area contributed by atoms with E-state index >= 15 is 0 Å². The number of methoxy groups -OCH3 is 1. The average Bonchev–Trinajstić information content (AvgIpc) is 2.93. The third kappa shape index (κ3) is 3.44. The van der Waals surface area contributed by atoms with Gasteiger partial charge in [-0.2, -0.15) is 0 Å². The van der Waals surface area contributed by atoms with Gasteiger partial charge >= 0.3 is 5.97 Å². The number of hydrogen-bond donors (Lipinski definition) is 2. The van der Waals surface area contributed by atoms with Crippen molar-refractivity contribution in [1.29, 1.82) is 0 Å². The van der Waals surface area contributed by atoms with Gasteiger partial charge in [0.15, 0.2) is 0 Å². The van der Waals surface area contributed by atoms with Crippen molar-refractivity contribution in [1.82, 2.24) is 4.72 Å². The van der Waals surface area contributed by atoms with E-state index in [4.69, 9.17) is 4.74 Å². The lowest BCUT2D eigenvalue weighted by Gasteiger charge is -2.27. The third-order valence-corrected chi connectivity index (χ3v) is 6.11. The Balaban J connectivity index is 1.66. The Kier molecular flexibility index (Phi) is 4.60. The second-order valence-electron chi connectivity index (χ2n) is 6.24. The molecule has 2 N–H and O–H groups in total. The van der Waals surface area contributed by atoms with Crippen LogP contribution in [-0.4, -0.2) is 33.4 Å². The molecule has 1 aromatic carbocycles. The van der Waals surface area contributed by atoms with Crippen molar-refractivity contribution in [2.24, 2.45) is 5.92 Å². The third-order valence-electron chi connectivity index (χ3n) is 4.60. The van der Waals surface area contributed by atoms with E-state index in [9.17, 15) is 18.0 Å². The fourth-order valence-electron chi connectivity index (χ4n) is 3.27. The largest absolute Gasteiger partial charge is 0.469 e. The van der Waals surface area contributed by atoms with Crippen molar-refractivity contribution in [3.63, 3.8) is 0 Å². The van der Waals surface area contributed by atoms with Crippen LogP contribution in [0, 0.1) is 5.92 Å². The van der Waals surface area contributed by atoms with E-state index in [-0.39, 0.29) is 35.2 Å². The molecule has 0 atom stereocenters. The van der Waals surface area contributed by atoms with Gasteiger partial charge in [-0.3, -0.25) is 9.59 Å². The van der Waals surface area contributed by atoms with E-state index in [0.29, 0.717) is 36.9 Å². The molecule has 0 unspecified atom stereocenters. The highest BCUT2D eigenvalue weighted by Gasteiger charge is 2.30. The van der Waals surface area contributed by atoms with Crippen molar-refractivity contribution >= 4 is 27.6 Å². The van der Waals surface area contributed by atoms with Gasteiger partial charge in [-0.15, -0.1) is 0 Å². The zero-order valence-electron chi connectivity index (χ0n) is 13.4. The number of amides is 1. The number of carbonyl (C=O) groups is 2. The van der Waals surface area contributed by atoms with Gasteiger partial charge in [0.1, 0.15) is 0 Å². The second-order valence-corrected chi connectivity index (χ2v) is 7.95. The van der Waals surface area contributed by atoms with Crippen molar-refractivity contribution in [3.8, 4) is 0 Å². The van der Waals surface area contributed by atoms with E-state index in [2.05, 4.69) is 10.0 Å². The quantitative estimate of drug-likeness (QED) is 0.793. The standard InChI is InChI=1S/C16H20N2O5S/c1-23-16(20)10-2-4-12(5-3-10)18-24(21,22)13-6-7-14-11(8-13)9-15(19)17-14/h6-8,10,12,18H,2-5,9H2,1H3,(H,17,19). The molecule has 1 saturated carbocycles. The highest BCUT2D eigenvalue weighted by molar-refractivity contribution is 7.89. The molecule has 3 rings (SSSR count). The first-order chi connectivity index (χ1) is 11.4. The van der Waals surface area contributed by atoms with Crippen LogP contribution in [0.3, 0.4) is 0 Å². The highest BCUT2D eigenvalue weighted by atomic mass is 32.2. The first-order valence-corrected chi connectivity index (χ1v) is 9.40. The minimum absolute atomic E-state index is 0.131. The molecule has 0 spiro atoms. The van der Waals surface area contributed by atoms with Gasteiger partial charge in [0.05, 0.1) is 24.3 Å². The lowest BCUT2D eigenvalue weighted by atomic mass is 9.86. The van der Waals surface area contributed by atoms with Gasteiger partial charge in [-0.1, -0.05) is 0 Å². The van der Waals surface area contributed by atoms with Gasteiger partial charge in [0.2, 0.25) is 15.9 Å². The molecule has 7 nitrogen and oxygen atoms in total. The predicted molar refractivity (Wildman–Crippen MR) is 86.9 cm³/mol. The van der Waals surface area contributed by atoms with Crippen molar-refractivity contribution in [3.05, 3.63) is 23.8 Å². The first-order valence-electron chi connectivity index (χ1n) is 7.92. The minimum Gasteiger partial charge on any atom is -0.469 e. The normalized spacial score (nSPS) is 23.5. The number of anilines is 1. The van der Waals surface area contributed by atoms with Gasteiger partial charge < -0.3 is 10.1 Å². The van der Waals surface area contributed by atoms with Gasteiger partial charge in [0, 0.05) is 11.7 Å². The van der Waals surface area contributed by atoms with Gasteiger partial charge in [-0.25, -0.2) is 13.1 Å². The molecule has 1 fully saturated rings. The van der Waals surface area contributed by atoms with Crippen LogP contribution >= 0.6 is 0 Å². The summed E-state index contributed by atoms with van der Waals surface area (Å²) < 4.78 is 32.5. The molecule has 1 aliphatic carbocycles. The van der Waals surface area contributed by atoms with Crippen LogP contribution in [0.15, 0.2) is 23.1 Å². The molecule has 8 heteroatoms. The molecule has 130 valence electrons. The van der Waals surface area contributed by atoms with Gasteiger partial charge in [-0.05, 0) is 49.4 Å². The summed E-state index contributed by atoms with van der Waals surface area (Å²) in [5, 5.41) is 2.68. The van der Waals surface area contributed by atoms with E-state index in [1.165, 1.54) is 19.2 Å². The minimum atomic E-state index is -3.65. The summed E-state index contributed by atoms with van der Waals surface area (Å²) >= 11 is 0. The molecular formula is C16H20N2O5S. The Morgan fingerprint density at radius 3 is 2.62 bits per heavy atom. The van der Waals surface area contributed by atoms with E-state index in [1.54, 1.807) is 6.07 Å². The van der Waals surface area contributed by atoms with Crippen LogP contribution in [0.5, 0.6) is 0 Å².